The molecule has 2 amide bonds. The molecule has 0 bridgehead atoms. The third-order valence-electron chi connectivity index (χ3n) is 2.45. The molecule has 2 N–H and O–H groups in total. The van der Waals surface area contributed by atoms with Gasteiger partial charge in [-0.15, -0.1) is 11.3 Å². The van der Waals surface area contributed by atoms with Gasteiger partial charge in [-0.25, -0.2) is 4.98 Å². The lowest BCUT2D eigenvalue weighted by atomic mass is 10.2. The van der Waals surface area contributed by atoms with E-state index in [0.717, 1.165) is 5.56 Å². The van der Waals surface area contributed by atoms with Crippen LogP contribution in [0, 0.1) is 6.92 Å². The third kappa shape index (κ3) is 5.33. The predicted octanol–water partition coefficient (Wildman–Crippen LogP) is 2.05. The zero-order valence-corrected chi connectivity index (χ0v) is 12.3. The molecule has 0 aliphatic carbocycles. The monoisotopic (exact) mass is 305 g/mol. The van der Waals surface area contributed by atoms with Gasteiger partial charge < -0.3 is 10.1 Å². The van der Waals surface area contributed by atoms with Gasteiger partial charge in [0, 0.05) is 17.3 Å². The molecule has 0 aliphatic rings. The van der Waals surface area contributed by atoms with Gasteiger partial charge in [0.2, 0.25) is 5.91 Å². The molecule has 110 valence electrons. The Labute approximate surface area is 126 Å². The number of carbonyl (C=O) groups excluding carboxylic acids is 2. The van der Waals surface area contributed by atoms with Crippen LogP contribution in [0.1, 0.15) is 5.56 Å². The molecule has 2 rings (SSSR count). The molecular weight excluding hydrogens is 290 g/mol. The van der Waals surface area contributed by atoms with Gasteiger partial charge in [0.15, 0.2) is 5.13 Å². The van der Waals surface area contributed by atoms with Crippen LogP contribution in [0.3, 0.4) is 0 Å². The molecule has 0 unspecified atom stereocenters. The van der Waals surface area contributed by atoms with Crippen molar-refractivity contribution < 1.29 is 14.3 Å². The first kappa shape index (κ1) is 15.1. The van der Waals surface area contributed by atoms with E-state index in [1.54, 1.807) is 17.6 Å². The van der Waals surface area contributed by atoms with Crippen LogP contribution in [0.15, 0.2) is 35.8 Å². The maximum Gasteiger partial charge on any atom is 0.252 e. The van der Waals surface area contributed by atoms with Gasteiger partial charge in [-0.05, 0) is 24.6 Å². The van der Waals surface area contributed by atoms with Crippen molar-refractivity contribution in [1.82, 2.24) is 4.98 Å². The Morgan fingerprint density at radius 2 is 2.00 bits per heavy atom. The highest BCUT2D eigenvalue weighted by molar-refractivity contribution is 7.13. The topological polar surface area (TPSA) is 80.3 Å². The maximum atomic E-state index is 11.6. The molecule has 1 aromatic heterocycles. The number of ether oxygens (including phenoxy) is 1. The van der Waals surface area contributed by atoms with E-state index in [1.165, 1.54) is 11.3 Å². The van der Waals surface area contributed by atoms with Crippen molar-refractivity contribution in [3.63, 3.8) is 0 Å². The molecule has 0 fully saturated rings. The number of nitrogens with zero attached hydrogens (tertiary/aromatic N) is 1. The minimum absolute atomic E-state index is 0.181. The summed E-state index contributed by atoms with van der Waals surface area (Å²) in [7, 11) is 0. The minimum Gasteiger partial charge on any atom is -0.362 e. The van der Waals surface area contributed by atoms with Crippen LogP contribution in [0.25, 0.3) is 0 Å². The van der Waals surface area contributed by atoms with Crippen LogP contribution in [0.2, 0.25) is 0 Å². The molecular formula is C14H15N3O3S. The molecule has 7 heteroatoms. The largest absolute Gasteiger partial charge is 0.362 e. The Morgan fingerprint density at radius 3 is 2.67 bits per heavy atom. The Kier molecular flexibility index (Phi) is 5.42. The quantitative estimate of drug-likeness (QED) is 0.856. The number of nitrogens with one attached hydrogen (secondary N) is 2. The van der Waals surface area contributed by atoms with Gasteiger partial charge >= 0.3 is 0 Å². The average molecular weight is 305 g/mol. The molecule has 0 spiro atoms. The zero-order valence-electron chi connectivity index (χ0n) is 11.5. The lowest BCUT2D eigenvalue weighted by Crippen LogP contribution is -2.23. The summed E-state index contributed by atoms with van der Waals surface area (Å²) in [6.07, 6.45) is 1.59. The van der Waals surface area contributed by atoms with E-state index < -0.39 is 0 Å². The van der Waals surface area contributed by atoms with Gasteiger partial charge in [-0.1, -0.05) is 12.1 Å². The number of amides is 2. The number of rotatable bonds is 6. The highest BCUT2D eigenvalue weighted by Crippen LogP contribution is 2.10. The van der Waals surface area contributed by atoms with E-state index in [2.05, 4.69) is 15.6 Å². The minimum atomic E-state index is -0.340. The summed E-state index contributed by atoms with van der Waals surface area (Å²) >= 11 is 1.32. The molecule has 2 aromatic rings. The molecule has 0 aliphatic heterocycles. The van der Waals surface area contributed by atoms with Gasteiger partial charge in [0.1, 0.15) is 13.2 Å². The van der Waals surface area contributed by atoms with E-state index in [1.807, 2.05) is 25.1 Å². The predicted molar refractivity (Wildman–Crippen MR) is 81.4 cm³/mol. The summed E-state index contributed by atoms with van der Waals surface area (Å²) in [5, 5.41) is 7.52. The number of hydrogen-bond donors (Lipinski definition) is 2. The molecule has 6 nitrogen and oxygen atoms in total. The second-order valence-electron chi connectivity index (χ2n) is 4.30. The second kappa shape index (κ2) is 7.51. The number of aromatic nitrogens is 1. The first-order valence-electron chi connectivity index (χ1n) is 6.27. The summed E-state index contributed by atoms with van der Waals surface area (Å²) in [5.74, 6) is -0.643. The number of hydrogen-bond acceptors (Lipinski definition) is 5. The Balaban J connectivity index is 1.68. The van der Waals surface area contributed by atoms with E-state index in [4.69, 9.17) is 4.74 Å². The van der Waals surface area contributed by atoms with Crippen molar-refractivity contribution in [3.05, 3.63) is 41.4 Å². The number of thiazole rings is 1. The first-order chi connectivity index (χ1) is 10.1. The SMILES string of the molecule is Cc1cccc(NC(=O)COCC(=O)Nc2nccs2)c1. The molecule has 1 heterocycles. The molecule has 21 heavy (non-hydrogen) atoms. The number of carbonyl (C=O) groups is 2. The summed E-state index contributed by atoms with van der Waals surface area (Å²) in [6, 6.07) is 7.44. The molecule has 0 atom stereocenters. The van der Waals surface area contributed by atoms with Crippen molar-refractivity contribution >= 4 is 34.0 Å². The molecule has 0 saturated heterocycles. The Bertz CT molecular complexity index is 614. The Hall–Kier alpha value is -2.25. The molecule has 0 radical (unpaired) electrons. The summed E-state index contributed by atoms with van der Waals surface area (Å²) in [5.41, 5.74) is 1.76. The van der Waals surface area contributed by atoms with E-state index in [9.17, 15) is 9.59 Å². The Morgan fingerprint density at radius 1 is 1.24 bits per heavy atom. The van der Waals surface area contributed by atoms with Gasteiger partial charge in [-0.3, -0.25) is 14.9 Å². The fourth-order valence-electron chi connectivity index (χ4n) is 1.60. The standard InChI is InChI=1S/C14H15N3O3S/c1-10-3-2-4-11(7-10)16-12(18)8-20-9-13(19)17-14-15-5-6-21-14/h2-7H,8-9H2,1H3,(H,16,18)(H,15,17,19). The summed E-state index contributed by atoms with van der Waals surface area (Å²) in [4.78, 5) is 27.1. The van der Waals surface area contributed by atoms with Crippen LogP contribution in [-0.2, 0) is 14.3 Å². The van der Waals surface area contributed by atoms with Crippen LogP contribution >= 0.6 is 11.3 Å². The summed E-state index contributed by atoms with van der Waals surface area (Å²) in [6.45, 7) is 1.56. The molecule has 1 aromatic carbocycles. The number of benzene rings is 1. The smallest absolute Gasteiger partial charge is 0.252 e. The van der Waals surface area contributed by atoms with Crippen LogP contribution < -0.4 is 10.6 Å². The molecule has 0 saturated carbocycles. The maximum absolute atomic E-state index is 11.6. The van der Waals surface area contributed by atoms with Crippen molar-refractivity contribution in [1.29, 1.82) is 0 Å². The highest BCUT2D eigenvalue weighted by Gasteiger charge is 2.07. The fraction of sp³-hybridized carbons (Fsp3) is 0.214. The van der Waals surface area contributed by atoms with Crippen LogP contribution in [-0.4, -0.2) is 30.0 Å². The van der Waals surface area contributed by atoms with Crippen molar-refractivity contribution in [3.8, 4) is 0 Å². The van der Waals surface area contributed by atoms with Gasteiger partial charge in [0.05, 0.1) is 0 Å². The summed E-state index contributed by atoms with van der Waals surface area (Å²) < 4.78 is 5.06. The van der Waals surface area contributed by atoms with E-state index >= 15 is 0 Å². The third-order valence-corrected chi connectivity index (χ3v) is 3.14. The second-order valence-corrected chi connectivity index (χ2v) is 5.19. The average Bonchev–Trinajstić information content (AvgIpc) is 2.91. The van der Waals surface area contributed by atoms with E-state index in [0.29, 0.717) is 10.8 Å². The van der Waals surface area contributed by atoms with Crippen LogP contribution in [0.5, 0.6) is 0 Å². The fourth-order valence-corrected chi connectivity index (χ4v) is 2.14. The zero-order chi connectivity index (χ0) is 15.1. The van der Waals surface area contributed by atoms with Gasteiger partial charge in [0.25, 0.3) is 5.91 Å². The lowest BCUT2D eigenvalue weighted by molar-refractivity contribution is -0.125. The van der Waals surface area contributed by atoms with Crippen molar-refractivity contribution in [2.24, 2.45) is 0 Å². The van der Waals surface area contributed by atoms with Crippen molar-refractivity contribution in [2.45, 2.75) is 6.92 Å². The first-order valence-corrected chi connectivity index (χ1v) is 7.15. The normalized spacial score (nSPS) is 10.1. The highest BCUT2D eigenvalue weighted by atomic mass is 32.1. The lowest BCUT2D eigenvalue weighted by Gasteiger charge is -2.06. The van der Waals surface area contributed by atoms with Gasteiger partial charge in [-0.2, -0.15) is 0 Å². The number of anilines is 2. The van der Waals surface area contributed by atoms with E-state index in [-0.39, 0.29) is 25.0 Å². The van der Waals surface area contributed by atoms with Crippen molar-refractivity contribution in [2.75, 3.05) is 23.8 Å². The van der Waals surface area contributed by atoms with Crippen LogP contribution in [0.4, 0.5) is 10.8 Å². The number of aryl methyl sites for hydroxylation is 1.